The summed E-state index contributed by atoms with van der Waals surface area (Å²) < 4.78 is 80.0. The van der Waals surface area contributed by atoms with Gasteiger partial charge in [0, 0.05) is 0 Å². The van der Waals surface area contributed by atoms with E-state index in [0.717, 1.165) is 12.1 Å². The van der Waals surface area contributed by atoms with E-state index in [1.54, 1.807) is 12.1 Å². The maximum Gasteiger partial charge on any atom is 0.426 e. The molecule has 0 aliphatic heterocycles. The summed E-state index contributed by atoms with van der Waals surface area (Å²) in [5, 5.41) is -0.599. The topological polar surface area (TPSA) is 107 Å². The number of alkyl halides is 3. The number of benzene rings is 2. The van der Waals surface area contributed by atoms with Crippen molar-refractivity contribution in [2.45, 2.75) is 31.2 Å². The summed E-state index contributed by atoms with van der Waals surface area (Å²) in [5.41, 5.74) is -0.203. The quantitative estimate of drug-likeness (QED) is 0.218. The zero-order valence-electron chi connectivity index (χ0n) is 18.1. The zero-order chi connectivity index (χ0) is 27.4. The van der Waals surface area contributed by atoms with E-state index in [0.29, 0.717) is 16.7 Å². The van der Waals surface area contributed by atoms with Crippen LogP contribution in [0.15, 0.2) is 24.3 Å². The van der Waals surface area contributed by atoms with E-state index in [4.69, 9.17) is 56.0 Å². The van der Waals surface area contributed by atoms with Gasteiger partial charge in [-0.3, -0.25) is 4.55 Å². The Kier molecular flexibility index (Phi) is 9.97. The summed E-state index contributed by atoms with van der Waals surface area (Å²) in [6, 6.07) is 4.70. The van der Waals surface area contributed by atoms with E-state index in [9.17, 15) is 31.2 Å². The minimum atomic E-state index is -5.38. The van der Waals surface area contributed by atoms with Crippen LogP contribution in [0.1, 0.15) is 37.4 Å². The van der Waals surface area contributed by atoms with Gasteiger partial charge in [0.25, 0.3) is 10.1 Å². The van der Waals surface area contributed by atoms with Gasteiger partial charge in [0.15, 0.2) is 0 Å². The summed E-state index contributed by atoms with van der Waals surface area (Å²) in [7, 11) is 11.9. The molecule has 0 saturated carbocycles. The molecule has 6 radical (unpaired) electrons. The lowest BCUT2D eigenvalue weighted by Gasteiger charge is -2.20. The van der Waals surface area contributed by atoms with Gasteiger partial charge in [-0.15, -0.1) is 0 Å². The summed E-state index contributed by atoms with van der Waals surface area (Å²) in [4.78, 5) is 25.6. The number of rotatable bonds is 9. The molecule has 0 spiro atoms. The molecule has 16 heteroatoms. The minimum Gasteiger partial charge on any atom is -0.448 e. The molecule has 0 fully saturated rings. The van der Waals surface area contributed by atoms with Gasteiger partial charge >= 0.3 is 18.1 Å². The lowest BCUT2D eigenvalue weighted by atomic mass is 9.85. The average Bonchev–Trinajstić information content (AvgIpc) is 2.78. The van der Waals surface area contributed by atoms with Crippen LogP contribution in [-0.2, 0) is 33.8 Å². The van der Waals surface area contributed by atoms with Crippen LogP contribution < -0.4 is 4.74 Å². The first-order chi connectivity index (χ1) is 16.6. The van der Waals surface area contributed by atoms with E-state index >= 15 is 0 Å². The van der Waals surface area contributed by atoms with Gasteiger partial charge in [-0.2, -0.15) is 21.6 Å². The highest BCUT2D eigenvalue weighted by Crippen LogP contribution is 2.32. The number of carbonyl (C=O) groups excluding carboxylic acids is 2. The number of carbonyl (C=O) groups is 2. The Labute approximate surface area is 218 Å². The number of hydrogen-bond donors (Lipinski definition) is 1. The van der Waals surface area contributed by atoms with E-state index in [2.05, 4.69) is 4.74 Å². The maximum atomic E-state index is 13.2. The minimum absolute atomic E-state index is 0.0628. The smallest absolute Gasteiger partial charge is 0.426 e. The summed E-state index contributed by atoms with van der Waals surface area (Å²) in [6.45, 7) is 0. The second-order valence-electron chi connectivity index (χ2n) is 7.24. The molecule has 186 valence electrons. The standard InChI is InChI=1S/C20H14B3Cl2F3O7S/c21-5-9-1-10(6-22)17(11(2-9)7-23)35-19(30)13-4-15(25)14(24)3-12(13)18(29)34-16(20(26,27)28)8-36(31,32)33/h1-4,16H,5-8H2,(H,31,32,33). The van der Waals surface area contributed by atoms with E-state index < -0.39 is 51.2 Å². The Morgan fingerprint density at radius 1 is 0.917 bits per heavy atom. The van der Waals surface area contributed by atoms with Gasteiger partial charge in [-0.05, 0) is 23.3 Å². The highest BCUT2D eigenvalue weighted by atomic mass is 35.5. The van der Waals surface area contributed by atoms with Crippen molar-refractivity contribution in [3.05, 3.63) is 62.1 Å². The van der Waals surface area contributed by atoms with Crippen LogP contribution in [-0.4, -0.2) is 66.5 Å². The van der Waals surface area contributed by atoms with Gasteiger partial charge in [0.05, 0.1) is 44.7 Å². The SMILES string of the molecule is [B]Cc1cc(C[B])c(OC(=O)c2cc(Cl)c(Cl)cc2C(=O)OC(CS(=O)(=O)O)C(F)(F)F)c(C[B])c1. The summed E-state index contributed by atoms with van der Waals surface area (Å²) in [6.07, 6.45) is -8.72. The fraction of sp³-hybridized carbons (Fsp3) is 0.300. The first-order valence-electron chi connectivity index (χ1n) is 9.80. The van der Waals surface area contributed by atoms with Crippen molar-refractivity contribution in [2.75, 3.05) is 5.75 Å². The van der Waals surface area contributed by atoms with Gasteiger partial charge in [0.1, 0.15) is 11.5 Å². The normalized spacial score (nSPS) is 12.7. The van der Waals surface area contributed by atoms with E-state index in [-0.39, 0.29) is 34.8 Å². The number of esters is 2. The summed E-state index contributed by atoms with van der Waals surface area (Å²) in [5.74, 6) is -5.09. The predicted molar refractivity (Wildman–Crippen MR) is 128 cm³/mol. The fourth-order valence-electron chi connectivity index (χ4n) is 2.99. The monoisotopic (exact) mass is 558 g/mol. The maximum absolute atomic E-state index is 13.2. The Balaban J connectivity index is 2.53. The third-order valence-electron chi connectivity index (χ3n) is 4.65. The second-order valence-corrected chi connectivity index (χ2v) is 9.55. The first kappa shape index (κ1) is 30.1. The van der Waals surface area contributed by atoms with Crippen LogP contribution in [0.5, 0.6) is 5.75 Å². The molecule has 1 N–H and O–H groups in total. The molecule has 0 aliphatic rings. The van der Waals surface area contributed by atoms with Crippen LogP contribution in [0.2, 0.25) is 10.0 Å². The summed E-state index contributed by atoms with van der Waals surface area (Å²) >= 11 is 11.8. The molecule has 2 aromatic carbocycles. The Morgan fingerprint density at radius 2 is 1.39 bits per heavy atom. The van der Waals surface area contributed by atoms with E-state index in [1.165, 1.54) is 0 Å². The molecular formula is C20H14B3Cl2F3O7S. The molecule has 0 heterocycles. The Bertz CT molecular complexity index is 1250. The number of halogens is 5. The van der Waals surface area contributed by atoms with Crippen LogP contribution in [0.4, 0.5) is 13.2 Å². The van der Waals surface area contributed by atoms with Crippen LogP contribution in [0.3, 0.4) is 0 Å². The van der Waals surface area contributed by atoms with Crippen molar-refractivity contribution >= 4 is 68.8 Å². The molecular weight excluding hydrogens is 545 g/mol. The molecule has 2 rings (SSSR count). The molecule has 7 nitrogen and oxygen atoms in total. The Morgan fingerprint density at radius 3 is 1.78 bits per heavy atom. The van der Waals surface area contributed by atoms with Crippen molar-refractivity contribution in [3.8, 4) is 5.75 Å². The number of hydrogen-bond acceptors (Lipinski definition) is 6. The van der Waals surface area contributed by atoms with Crippen molar-refractivity contribution in [2.24, 2.45) is 0 Å². The molecule has 2 aromatic rings. The lowest BCUT2D eigenvalue weighted by Crippen LogP contribution is -2.39. The highest BCUT2D eigenvalue weighted by molar-refractivity contribution is 7.85. The first-order valence-corrected chi connectivity index (χ1v) is 12.2. The van der Waals surface area contributed by atoms with Gasteiger partial charge in [-0.25, -0.2) is 9.59 Å². The van der Waals surface area contributed by atoms with E-state index in [1.807, 2.05) is 0 Å². The third kappa shape index (κ3) is 7.68. The van der Waals surface area contributed by atoms with Crippen molar-refractivity contribution in [1.29, 1.82) is 0 Å². The molecule has 0 saturated heterocycles. The average molecular weight is 559 g/mol. The molecule has 36 heavy (non-hydrogen) atoms. The largest absolute Gasteiger partial charge is 0.448 e. The molecule has 0 bridgehead atoms. The molecule has 0 amide bonds. The fourth-order valence-corrected chi connectivity index (χ4v) is 3.96. The molecule has 0 aromatic heterocycles. The van der Waals surface area contributed by atoms with Crippen molar-refractivity contribution < 1.29 is 45.2 Å². The molecule has 1 unspecified atom stereocenters. The van der Waals surface area contributed by atoms with Crippen molar-refractivity contribution in [1.82, 2.24) is 0 Å². The van der Waals surface area contributed by atoms with Gasteiger partial charge in [0.2, 0.25) is 6.10 Å². The second kappa shape index (κ2) is 11.9. The van der Waals surface area contributed by atoms with Gasteiger partial charge < -0.3 is 9.47 Å². The van der Waals surface area contributed by atoms with Crippen LogP contribution >= 0.6 is 23.2 Å². The number of ether oxygens (including phenoxy) is 2. The lowest BCUT2D eigenvalue weighted by molar-refractivity contribution is -0.197. The zero-order valence-corrected chi connectivity index (χ0v) is 20.5. The van der Waals surface area contributed by atoms with Crippen LogP contribution in [0.25, 0.3) is 0 Å². The Hall–Kier alpha value is -2.15. The van der Waals surface area contributed by atoms with Crippen LogP contribution in [0, 0.1) is 0 Å². The third-order valence-corrected chi connectivity index (χ3v) is 6.10. The molecule has 0 aliphatic carbocycles. The molecule has 1 atom stereocenters. The van der Waals surface area contributed by atoms with Gasteiger partial charge in [-0.1, -0.05) is 59.9 Å². The van der Waals surface area contributed by atoms with Crippen molar-refractivity contribution in [3.63, 3.8) is 0 Å². The highest BCUT2D eigenvalue weighted by Gasteiger charge is 2.46. The predicted octanol–water partition coefficient (Wildman–Crippen LogP) is 3.19.